The Morgan fingerprint density at radius 3 is 2.44 bits per heavy atom. The number of amidine groups is 1. The first-order chi connectivity index (χ1) is 24.8. The van der Waals surface area contributed by atoms with Crippen LogP contribution in [0.5, 0.6) is 0 Å². The highest BCUT2D eigenvalue weighted by Crippen LogP contribution is 2.42. The number of fused-ring (bicyclic) bond motifs is 6. The molecular weight excluding hydrogens is 629 g/mol. The molecular formula is C45H36N4S. The van der Waals surface area contributed by atoms with Crippen molar-refractivity contribution in [3.63, 3.8) is 0 Å². The first-order valence-electron chi connectivity index (χ1n) is 17.6. The molecule has 0 bridgehead atoms. The summed E-state index contributed by atoms with van der Waals surface area (Å²) in [6.07, 6.45) is 16.5. The van der Waals surface area contributed by atoms with Crippen LogP contribution in [0.3, 0.4) is 0 Å². The molecule has 0 fully saturated rings. The Morgan fingerprint density at radius 1 is 0.700 bits per heavy atom. The Morgan fingerprint density at radius 2 is 1.54 bits per heavy atom. The molecule has 5 aromatic carbocycles. The number of aliphatic imine (C=N–C) groups is 1. The molecule has 0 spiro atoms. The normalized spacial score (nSPS) is 20.6. The van der Waals surface area contributed by atoms with Crippen LogP contribution in [-0.4, -0.2) is 10.4 Å². The number of nitrogens with zero attached hydrogens (tertiary/aromatic N) is 2. The Hall–Kier alpha value is -5.49. The van der Waals surface area contributed by atoms with E-state index in [0.29, 0.717) is 0 Å². The van der Waals surface area contributed by atoms with Crippen LogP contribution in [-0.2, 0) is 0 Å². The predicted octanol–water partition coefficient (Wildman–Crippen LogP) is 11.3. The number of rotatable bonds is 5. The van der Waals surface area contributed by atoms with Gasteiger partial charge in [-0.15, -0.1) is 11.3 Å². The van der Waals surface area contributed by atoms with Gasteiger partial charge >= 0.3 is 0 Å². The summed E-state index contributed by atoms with van der Waals surface area (Å²) in [5.41, 5.74) is 8.68. The van der Waals surface area contributed by atoms with E-state index in [9.17, 15) is 0 Å². The number of aromatic nitrogens is 1. The molecule has 2 N–H and O–H groups in total. The maximum absolute atomic E-state index is 5.42. The number of thiophene rings is 1. The molecule has 3 heterocycles. The van der Waals surface area contributed by atoms with Gasteiger partial charge in [-0.2, -0.15) is 0 Å². The number of allylic oxidation sites excluding steroid dienone is 7. The van der Waals surface area contributed by atoms with E-state index in [1.54, 1.807) is 0 Å². The zero-order valence-electron chi connectivity index (χ0n) is 27.6. The van der Waals surface area contributed by atoms with Crippen LogP contribution in [0.4, 0.5) is 0 Å². The maximum Gasteiger partial charge on any atom is 0.129 e. The van der Waals surface area contributed by atoms with Gasteiger partial charge in [-0.05, 0) is 71.5 Å². The second-order valence-corrected chi connectivity index (χ2v) is 14.6. The molecule has 3 unspecified atom stereocenters. The fraction of sp³-hybridized carbons (Fsp3) is 0.133. The third kappa shape index (κ3) is 5.04. The molecule has 0 saturated carbocycles. The highest BCUT2D eigenvalue weighted by molar-refractivity contribution is 7.25. The highest BCUT2D eigenvalue weighted by Gasteiger charge is 2.30. The summed E-state index contributed by atoms with van der Waals surface area (Å²) >= 11 is 1.88. The second-order valence-electron chi connectivity index (χ2n) is 13.5. The van der Waals surface area contributed by atoms with E-state index in [2.05, 4.69) is 167 Å². The van der Waals surface area contributed by atoms with Crippen LogP contribution < -0.4 is 10.6 Å². The fourth-order valence-corrected chi connectivity index (χ4v) is 9.11. The smallest absolute Gasteiger partial charge is 0.129 e. The third-order valence-corrected chi connectivity index (χ3v) is 11.6. The summed E-state index contributed by atoms with van der Waals surface area (Å²) in [5.74, 6) is 1.11. The molecule has 4 nitrogen and oxygen atoms in total. The zero-order valence-corrected chi connectivity index (χ0v) is 28.4. The van der Waals surface area contributed by atoms with Crippen molar-refractivity contribution >= 4 is 70.4 Å². The van der Waals surface area contributed by atoms with Gasteiger partial charge in [0.25, 0.3) is 0 Å². The van der Waals surface area contributed by atoms with Crippen molar-refractivity contribution in [2.45, 2.75) is 31.6 Å². The van der Waals surface area contributed by atoms with Gasteiger partial charge in [-0.1, -0.05) is 115 Å². The van der Waals surface area contributed by atoms with Crippen molar-refractivity contribution in [1.29, 1.82) is 0 Å². The van der Waals surface area contributed by atoms with Gasteiger partial charge < -0.3 is 9.88 Å². The molecule has 10 rings (SSSR count). The minimum Gasteiger partial charge on any atom is -0.354 e. The van der Waals surface area contributed by atoms with Crippen LogP contribution in [0, 0.1) is 5.92 Å². The molecule has 5 heteroatoms. The van der Waals surface area contributed by atoms with Gasteiger partial charge in [-0.25, -0.2) is 4.99 Å². The molecule has 242 valence electrons. The molecule has 50 heavy (non-hydrogen) atoms. The minimum absolute atomic E-state index is 0.0673. The predicted molar refractivity (Wildman–Crippen MR) is 212 cm³/mol. The molecule has 7 aromatic rings. The van der Waals surface area contributed by atoms with Crippen molar-refractivity contribution < 1.29 is 0 Å². The van der Waals surface area contributed by atoms with Crippen molar-refractivity contribution in [3.05, 3.63) is 168 Å². The molecule has 1 aliphatic heterocycles. The lowest BCUT2D eigenvalue weighted by molar-refractivity contribution is 0.399. The van der Waals surface area contributed by atoms with Crippen LogP contribution in [0.15, 0.2) is 157 Å². The Balaban J connectivity index is 1.06. The standard InChI is InChI=1S/C45H36N4S/c1-3-13-29(14-4-1)31-17-11-18-32(25-31)44-46-43(30-15-5-2-6-16-30)47-45(48-44)33-19-12-20-34(26-33)49-39-23-9-7-21-35(39)37-28-42-38(27-40(37)49)36-22-8-10-24-41(36)50-42/h2-3,5-25,27-28,33,43-44,46H,1,4,26H2,(H,47,48). The minimum atomic E-state index is -0.180. The lowest BCUT2D eigenvalue weighted by Crippen LogP contribution is -2.47. The van der Waals surface area contributed by atoms with Crippen molar-refractivity contribution in [2.75, 3.05) is 0 Å². The van der Waals surface area contributed by atoms with Gasteiger partial charge in [0.15, 0.2) is 0 Å². The summed E-state index contributed by atoms with van der Waals surface area (Å²) in [6, 6.07) is 42.0. The first kappa shape index (κ1) is 29.4. The van der Waals surface area contributed by atoms with E-state index in [1.807, 2.05) is 11.3 Å². The number of para-hydroxylation sites is 1. The summed E-state index contributed by atoms with van der Waals surface area (Å²) in [4.78, 5) is 5.42. The largest absolute Gasteiger partial charge is 0.354 e. The van der Waals surface area contributed by atoms with E-state index < -0.39 is 0 Å². The van der Waals surface area contributed by atoms with Gasteiger partial charge in [-0.3, -0.25) is 5.32 Å². The Labute approximate surface area is 295 Å². The first-order valence-corrected chi connectivity index (χ1v) is 18.4. The Kier molecular flexibility index (Phi) is 7.14. The van der Waals surface area contributed by atoms with E-state index in [1.165, 1.54) is 69.9 Å². The summed E-state index contributed by atoms with van der Waals surface area (Å²) < 4.78 is 5.17. The van der Waals surface area contributed by atoms with E-state index >= 15 is 0 Å². The number of hydrogen-bond donors (Lipinski definition) is 2. The van der Waals surface area contributed by atoms with E-state index in [0.717, 1.165) is 25.1 Å². The average molecular weight is 665 g/mol. The molecule has 2 aliphatic carbocycles. The summed E-state index contributed by atoms with van der Waals surface area (Å²) in [7, 11) is 0. The van der Waals surface area contributed by atoms with Crippen molar-refractivity contribution in [1.82, 2.24) is 15.2 Å². The molecule has 0 amide bonds. The van der Waals surface area contributed by atoms with E-state index in [4.69, 9.17) is 4.99 Å². The van der Waals surface area contributed by atoms with Crippen LogP contribution >= 0.6 is 11.3 Å². The van der Waals surface area contributed by atoms with Gasteiger partial charge in [0.05, 0.1) is 11.0 Å². The summed E-state index contributed by atoms with van der Waals surface area (Å²) in [6.45, 7) is 0. The van der Waals surface area contributed by atoms with Crippen molar-refractivity contribution in [3.8, 4) is 0 Å². The van der Waals surface area contributed by atoms with Gasteiger partial charge in [0.1, 0.15) is 18.2 Å². The topological polar surface area (TPSA) is 41.4 Å². The quantitative estimate of drug-likeness (QED) is 0.192. The van der Waals surface area contributed by atoms with Crippen LogP contribution in [0.25, 0.3) is 53.2 Å². The molecule has 3 atom stereocenters. The van der Waals surface area contributed by atoms with Crippen molar-refractivity contribution in [2.24, 2.45) is 10.9 Å². The van der Waals surface area contributed by atoms with Gasteiger partial charge in [0, 0.05) is 49.0 Å². The second kappa shape index (κ2) is 12.1. The number of nitrogens with one attached hydrogen (secondary N) is 2. The average Bonchev–Trinajstić information content (AvgIpc) is 3.72. The lowest BCUT2D eigenvalue weighted by Gasteiger charge is -2.35. The van der Waals surface area contributed by atoms with Crippen LogP contribution in [0.1, 0.15) is 48.3 Å². The number of benzene rings is 5. The molecule has 0 radical (unpaired) electrons. The molecule has 0 saturated heterocycles. The summed E-state index contributed by atoms with van der Waals surface area (Å²) in [5, 5.41) is 12.9. The zero-order chi connectivity index (χ0) is 33.0. The van der Waals surface area contributed by atoms with E-state index in [-0.39, 0.29) is 18.2 Å². The maximum atomic E-state index is 5.42. The highest BCUT2D eigenvalue weighted by atomic mass is 32.1. The van der Waals surface area contributed by atoms with Gasteiger partial charge in [0.2, 0.25) is 0 Å². The SMILES string of the molecule is C1=CC(C2=NC(c3cccc(C4=CCCC=C4)c3)NC(c3ccccc3)N2)CC(n2c3ccccc3c3cc4sc5ccccc5c4cc32)=C1. The monoisotopic (exact) mass is 664 g/mol. The third-order valence-electron chi connectivity index (χ3n) is 10.4. The van der Waals surface area contributed by atoms with Crippen LogP contribution in [0.2, 0.25) is 0 Å². The lowest BCUT2D eigenvalue weighted by atomic mass is 9.94. The fourth-order valence-electron chi connectivity index (χ4n) is 7.99. The molecule has 2 aromatic heterocycles. The number of hydrogen-bond acceptors (Lipinski definition) is 4. The Bertz CT molecular complexity index is 2600. The molecule has 3 aliphatic rings.